The van der Waals surface area contributed by atoms with Crippen LogP contribution in [0.5, 0.6) is 0 Å². The molecule has 0 aliphatic heterocycles. The predicted molar refractivity (Wildman–Crippen MR) is 74.1 cm³/mol. The fraction of sp³-hybridized carbons (Fsp3) is 0.500. The molecule has 0 aromatic heterocycles. The van der Waals surface area contributed by atoms with E-state index in [1.165, 1.54) is 12.3 Å². The van der Waals surface area contributed by atoms with Gasteiger partial charge in [0.2, 0.25) is 0 Å². The Bertz CT molecular complexity index is 502. The van der Waals surface area contributed by atoms with Crippen molar-refractivity contribution in [2.75, 3.05) is 25.3 Å². The SMILES string of the molecule is COCCC(C)Nc1cc(S(C)(=O)=O)ccc1Cl. The number of rotatable bonds is 6. The third kappa shape index (κ3) is 4.48. The molecule has 1 rings (SSSR count). The summed E-state index contributed by atoms with van der Waals surface area (Å²) in [6, 6.07) is 4.80. The van der Waals surface area contributed by atoms with Crippen LogP contribution in [0.25, 0.3) is 0 Å². The molecule has 0 saturated carbocycles. The number of sulfone groups is 1. The van der Waals surface area contributed by atoms with E-state index >= 15 is 0 Å². The van der Waals surface area contributed by atoms with Crippen molar-refractivity contribution in [2.45, 2.75) is 24.3 Å². The zero-order valence-corrected chi connectivity index (χ0v) is 12.3. The Morgan fingerprint density at radius 1 is 1.44 bits per heavy atom. The normalized spacial score (nSPS) is 13.3. The fourth-order valence-corrected chi connectivity index (χ4v) is 2.30. The molecule has 6 heteroatoms. The molecule has 102 valence electrons. The Balaban J connectivity index is 2.88. The third-order valence-corrected chi connectivity index (χ3v) is 3.96. The van der Waals surface area contributed by atoms with Gasteiger partial charge in [0.05, 0.1) is 15.6 Å². The molecular weight excluding hydrogens is 274 g/mol. The van der Waals surface area contributed by atoms with Crippen LogP contribution in [0, 0.1) is 0 Å². The van der Waals surface area contributed by atoms with E-state index in [-0.39, 0.29) is 10.9 Å². The maximum Gasteiger partial charge on any atom is 0.175 e. The van der Waals surface area contributed by atoms with Gasteiger partial charge in [0, 0.05) is 26.0 Å². The second kappa shape index (κ2) is 6.41. The molecule has 18 heavy (non-hydrogen) atoms. The van der Waals surface area contributed by atoms with Gasteiger partial charge in [0.1, 0.15) is 0 Å². The molecule has 0 aliphatic rings. The lowest BCUT2D eigenvalue weighted by atomic mass is 10.2. The minimum absolute atomic E-state index is 0.150. The average molecular weight is 292 g/mol. The molecule has 0 bridgehead atoms. The minimum Gasteiger partial charge on any atom is -0.385 e. The summed E-state index contributed by atoms with van der Waals surface area (Å²) in [4.78, 5) is 0.258. The average Bonchev–Trinajstić information content (AvgIpc) is 2.28. The molecule has 0 fully saturated rings. The van der Waals surface area contributed by atoms with Crippen molar-refractivity contribution in [2.24, 2.45) is 0 Å². The number of methoxy groups -OCH3 is 1. The van der Waals surface area contributed by atoms with Crippen molar-refractivity contribution in [1.29, 1.82) is 0 Å². The van der Waals surface area contributed by atoms with Gasteiger partial charge in [-0.25, -0.2) is 8.42 Å². The van der Waals surface area contributed by atoms with Gasteiger partial charge < -0.3 is 10.1 Å². The van der Waals surface area contributed by atoms with Crippen LogP contribution in [-0.4, -0.2) is 34.4 Å². The van der Waals surface area contributed by atoms with E-state index in [0.717, 1.165) is 6.42 Å². The molecule has 1 atom stereocenters. The highest BCUT2D eigenvalue weighted by atomic mass is 35.5. The van der Waals surface area contributed by atoms with E-state index in [0.29, 0.717) is 17.3 Å². The van der Waals surface area contributed by atoms with Crippen molar-refractivity contribution >= 4 is 27.1 Å². The third-order valence-electron chi connectivity index (χ3n) is 2.52. The van der Waals surface area contributed by atoms with E-state index in [4.69, 9.17) is 16.3 Å². The highest BCUT2D eigenvalue weighted by Gasteiger charge is 2.11. The van der Waals surface area contributed by atoms with E-state index in [1.807, 2.05) is 6.92 Å². The largest absolute Gasteiger partial charge is 0.385 e. The summed E-state index contributed by atoms with van der Waals surface area (Å²) in [5.41, 5.74) is 0.628. The molecule has 0 saturated heterocycles. The summed E-state index contributed by atoms with van der Waals surface area (Å²) in [5.74, 6) is 0. The number of anilines is 1. The molecule has 0 amide bonds. The molecule has 4 nitrogen and oxygen atoms in total. The number of hydrogen-bond donors (Lipinski definition) is 1. The van der Waals surface area contributed by atoms with Gasteiger partial charge in [-0.15, -0.1) is 0 Å². The molecule has 0 aliphatic carbocycles. The lowest BCUT2D eigenvalue weighted by molar-refractivity contribution is 0.191. The zero-order valence-electron chi connectivity index (χ0n) is 10.7. The second-order valence-corrected chi connectivity index (χ2v) is 6.66. The Morgan fingerprint density at radius 2 is 2.11 bits per heavy atom. The molecular formula is C12H18ClNO3S. The first kappa shape index (κ1) is 15.3. The minimum atomic E-state index is -3.22. The molecule has 0 spiro atoms. The van der Waals surface area contributed by atoms with Crippen LogP contribution in [0.1, 0.15) is 13.3 Å². The standard InChI is InChI=1S/C12H18ClNO3S/c1-9(6-7-17-2)14-12-8-10(18(3,15)16)4-5-11(12)13/h4-5,8-9,14H,6-7H2,1-3H3. The molecule has 1 N–H and O–H groups in total. The summed E-state index contributed by atoms with van der Waals surface area (Å²) < 4.78 is 27.9. The lowest BCUT2D eigenvalue weighted by Gasteiger charge is -2.16. The van der Waals surface area contributed by atoms with Crippen LogP contribution in [-0.2, 0) is 14.6 Å². The Morgan fingerprint density at radius 3 is 2.67 bits per heavy atom. The topological polar surface area (TPSA) is 55.4 Å². The first-order chi connectivity index (χ1) is 8.34. The molecule has 0 heterocycles. The zero-order chi connectivity index (χ0) is 13.8. The summed E-state index contributed by atoms with van der Waals surface area (Å²) in [6.07, 6.45) is 1.99. The van der Waals surface area contributed by atoms with Gasteiger partial charge in [-0.2, -0.15) is 0 Å². The van der Waals surface area contributed by atoms with E-state index in [2.05, 4.69) is 5.32 Å². The highest BCUT2D eigenvalue weighted by Crippen LogP contribution is 2.26. The first-order valence-electron chi connectivity index (χ1n) is 5.59. The number of hydrogen-bond acceptors (Lipinski definition) is 4. The van der Waals surface area contributed by atoms with Crippen LogP contribution in [0.4, 0.5) is 5.69 Å². The van der Waals surface area contributed by atoms with Crippen LogP contribution in [0.3, 0.4) is 0 Å². The summed E-state index contributed by atoms with van der Waals surface area (Å²) in [6.45, 7) is 2.63. The van der Waals surface area contributed by atoms with Crippen LogP contribution >= 0.6 is 11.6 Å². The summed E-state index contributed by atoms with van der Waals surface area (Å²) in [7, 11) is -1.58. The fourth-order valence-electron chi connectivity index (χ4n) is 1.48. The lowest BCUT2D eigenvalue weighted by Crippen LogP contribution is -2.17. The molecule has 0 radical (unpaired) electrons. The maximum atomic E-state index is 11.5. The van der Waals surface area contributed by atoms with Crippen molar-refractivity contribution in [1.82, 2.24) is 0 Å². The van der Waals surface area contributed by atoms with Crippen molar-refractivity contribution in [3.8, 4) is 0 Å². The number of halogens is 1. The Labute approximate surface area is 113 Å². The number of nitrogens with one attached hydrogen (secondary N) is 1. The van der Waals surface area contributed by atoms with Crippen molar-refractivity contribution in [3.63, 3.8) is 0 Å². The van der Waals surface area contributed by atoms with Gasteiger partial charge in [-0.1, -0.05) is 11.6 Å². The quantitative estimate of drug-likeness (QED) is 0.875. The van der Waals surface area contributed by atoms with Gasteiger partial charge in [0.15, 0.2) is 9.84 Å². The van der Waals surface area contributed by atoms with Crippen molar-refractivity contribution < 1.29 is 13.2 Å². The van der Waals surface area contributed by atoms with E-state index in [1.54, 1.807) is 19.2 Å². The second-order valence-electron chi connectivity index (χ2n) is 4.24. The van der Waals surface area contributed by atoms with Crippen LogP contribution in [0.15, 0.2) is 23.1 Å². The number of ether oxygens (including phenoxy) is 1. The monoisotopic (exact) mass is 291 g/mol. The van der Waals surface area contributed by atoms with Gasteiger partial charge in [-0.3, -0.25) is 0 Å². The molecule has 1 aromatic carbocycles. The van der Waals surface area contributed by atoms with Crippen LogP contribution in [0.2, 0.25) is 5.02 Å². The van der Waals surface area contributed by atoms with Gasteiger partial charge in [-0.05, 0) is 31.5 Å². The first-order valence-corrected chi connectivity index (χ1v) is 7.86. The van der Waals surface area contributed by atoms with E-state index < -0.39 is 9.84 Å². The van der Waals surface area contributed by atoms with E-state index in [9.17, 15) is 8.42 Å². The predicted octanol–water partition coefficient (Wildman–Crippen LogP) is 2.58. The molecule has 1 unspecified atom stereocenters. The highest BCUT2D eigenvalue weighted by molar-refractivity contribution is 7.90. The Hall–Kier alpha value is -0.780. The van der Waals surface area contributed by atoms with Gasteiger partial charge in [0.25, 0.3) is 0 Å². The summed E-state index contributed by atoms with van der Waals surface area (Å²) >= 11 is 6.04. The van der Waals surface area contributed by atoms with Gasteiger partial charge >= 0.3 is 0 Å². The number of benzene rings is 1. The molecule has 1 aromatic rings. The van der Waals surface area contributed by atoms with Crippen LogP contribution < -0.4 is 5.32 Å². The summed E-state index contributed by atoms with van der Waals surface area (Å²) in [5, 5.41) is 3.69. The van der Waals surface area contributed by atoms with Crippen molar-refractivity contribution in [3.05, 3.63) is 23.2 Å². The maximum absolute atomic E-state index is 11.5. The smallest absolute Gasteiger partial charge is 0.175 e. The Kier molecular flexibility index (Phi) is 5.44.